The first-order valence-corrected chi connectivity index (χ1v) is 8.37. The zero-order chi connectivity index (χ0) is 18.4. The fourth-order valence-corrected chi connectivity index (χ4v) is 2.64. The van der Waals surface area contributed by atoms with Crippen molar-refractivity contribution in [2.75, 3.05) is 6.61 Å². The summed E-state index contributed by atoms with van der Waals surface area (Å²) < 4.78 is 5.48. The van der Waals surface area contributed by atoms with Crippen molar-refractivity contribution in [3.05, 3.63) is 63.1 Å². The van der Waals surface area contributed by atoms with E-state index in [-0.39, 0.29) is 24.2 Å². The number of H-pyrrole nitrogens is 1. The van der Waals surface area contributed by atoms with E-state index in [4.69, 9.17) is 4.74 Å². The molecule has 0 aliphatic rings. The van der Waals surface area contributed by atoms with Crippen molar-refractivity contribution in [2.24, 2.45) is 0 Å². The average molecular weight is 343 g/mol. The van der Waals surface area contributed by atoms with Gasteiger partial charge in [0, 0.05) is 11.3 Å². The second-order valence-electron chi connectivity index (χ2n) is 6.00. The summed E-state index contributed by atoms with van der Waals surface area (Å²) in [5.74, 6) is 0.774. The molecule has 6 heteroatoms. The van der Waals surface area contributed by atoms with Crippen LogP contribution in [-0.2, 0) is 6.54 Å². The molecular weight excluding hydrogens is 318 g/mol. The van der Waals surface area contributed by atoms with Gasteiger partial charge in [-0.1, -0.05) is 12.1 Å². The molecule has 1 unspecified atom stereocenters. The van der Waals surface area contributed by atoms with E-state index >= 15 is 0 Å². The molecule has 0 aliphatic carbocycles. The van der Waals surface area contributed by atoms with Crippen molar-refractivity contribution in [1.29, 1.82) is 0 Å². The Bertz CT molecular complexity index is 799. The number of aryl methyl sites for hydroxylation is 2. The molecule has 6 nitrogen and oxygen atoms in total. The summed E-state index contributed by atoms with van der Waals surface area (Å²) >= 11 is 0. The second-order valence-corrected chi connectivity index (χ2v) is 6.00. The van der Waals surface area contributed by atoms with E-state index in [9.17, 15) is 9.59 Å². The van der Waals surface area contributed by atoms with Gasteiger partial charge >= 0.3 is 6.03 Å². The van der Waals surface area contributed by atoms with Crippen LogP contribution in [0.15, 0.2) is 35.1 Å². The number of carbonyl (C=O) groups excluding carboxylic acids is 1. The minimum atomic E-state index is -0.325. The first kappa shape index (κ1) is 18.6. The van der Waals surface area contributed by atoms with Crippen LogP contribution in [0.1, 0.15) is 42.3 Å². The molecule has 1 heterocycles. The second kappa shape index (κ2) is 8.37. The number of rotatable bonds is 6. The maximum absolute atomic E-state index is 12.1. The zero-order valence-electron chi connectivity index (χ0n) is 15.1. The Morgan fingerprint density at radius 2 is 2.04 bits per heavy atom. The molecule has 0 spiro atoms. The van der Waals surface area contributed by atoms with Crippen molar-refractivity contribution >= 4 is 6.03 Å². The lowest BCUT2D eigenvalue weighted by molar-refractivity contribution is 0.237. The van der Waals surface area contributed by atoms with Crippen LogP contribution in [0.5, 0.6) is 5.75 Å². The van der Waals surface area contributed by atoms with E-state index in [1.54, 1.807) is 0 Å². The SMILES string of the molecule is CCOc1cccc(C(C)NC(=O)NCc2c(C)cc(C)[nH]c2=O)c1. The Kier molecular flexibility index (Phi) is 6.22. The van der Waals surface area contributed by atoms with Crippen LogP contribution in [0.4, 0.5) is 4.79 Å². The van der Waals surface area contributed by atoms with Gasteiger partial charge in [0.15, 0.2) is 0 Å². The lowest BCUT2D eigenvalue weighted by Crippen LogP contribution is -2.38. The van der Waals surface area contributed by atoms with Gasteiger partial charge in [-0.15, -0.1) is 0 Å². The Hall–Kier alpha value is -2.76. The normalized spacial score (nSPS) is 11.7. The van der Waals surface area contributed by atoms with E-state index in [1.807, 2.05) is 58.0 Å². The molecule has 1 aromatic heterocycles. The summed E-state index contributed by atoms with van der Waals surface area (Å²) in [5, 5.41) is 5.61. The topological polar surface area (TPSA) is 83.2 Å². The van der Waals surface area contributed by atoms with Gasteiger partial charge in [-0.05, 0) is 57.0 Å². The van der Waals surface area contributed by atoms with E-state index in [0.29, 0.717) is 12.2 Å². The number of amides is 2. The Morgan fingerprint density at radius 1 is 1.28 bits per heavy atom. The molecule has 2 amide bonds. The number of urea groups is 1. The number of ether oxygens (including phenoxy) is 1. The van der Waals surface area contributed by atoms with Gasteiger partial charge in [0.05, 0.1) is 19.2 Å². The molecule has 0 saturated carbocycles. The number of hydrogen-bond acceptors (Lipinski definition) is 3. The van der Waals surface area contributed by atoms with Crippen LogP contribution in [0.3, 0.4) is 0 Å². The zero-order valence-corrected chi connectivity index (χ0v) is 15.1. The van der Waals surface area contributed by atoms with Crippen molar-refractivity contribution in [3.63, 3.8) is 0 Å². The highest BCUT2D eigenvalue weighted by Crippen LogP contribution is 2.19. The summed E-state index contributed by atoms with van der Waals surface area (Å²) in [6, 6.07) is 8.99. The van der Waals surface area contributed by atoms with Crippen LogP contribution in [-0.4, -0.2) is 17.6 Å². The van der Waals surface area contributed by atoms with E-state index < -0.39 is 0 Å². The Morgan fingerprint density at radius 3 is 2.72 bits per heavy atom. The van der Waals surface area contributed by atoms with E-state index in [2.05, 4.69) is 15.6 Å². The van der Waals surface area contributed by atoms with Crippen molar-refractivity contribution < 1.29 is 9.53 Å². The molecule has 0 aliphatic heterocycles. The van der Waals surface area contributed by atoms with Gasteiger partial charge in [-0.3, -0.25) is 4.79 Å². The molecule has 0 saturated heterocycles. The molecule has 1 atom stereocenters. The fourth-order valence-electron chi connectivity index (χ4n) is 2.64. The average Bonchev–Trinajstić information content (AvgIpc) is 2.54. The van der Waals surface area contributed by atoms with Gasteiger partial charge < -0.3 is 20.4 Å². The van der Waals surface area contributed by atoms with Crippen LogP contribution in [0, 0.1) is 13.8 Å². The number of pyridine rings is 1. The van der Waals surface area contributed by atoms with Crippen molar-refractivity contribution in [1.82, 2.24) is 15.6 Å². The highest BCUT2D eigenvalue weighted by atomic mass is 16.5. The van der Waals surface area contributed by atoms with E-state index in [0.717, 1.165) is 22.6 Å². The summed E-state index contributed by atoms with van der Waals surface area (Å²) in [4.78, 5) is 26.9. The molecule has 134 valence electrons. The standard InChI is InChI=1S/C19H25N3O3/c1-5-25-16-8-6-7-15(10-16)14(4)22-19(24)20-11-17-12(2)9-13(3)21-18(17)23/h6-10,14H,5,11H2,1-4H3,(H,21,23)(H2,20,22,24). The summed E-state index contributed by atoms with van der Waals surface area (Å²) in [6.07, 6.45) is 0. The number of hydrogen-bond donors (Lipinski definition) is 3. The largest absolute Gasteiger partial charge is 0.494 e. The maximum atomic E-state index is 12.1. The molecule has 3 N–H and O–H groups in total. The first-order valence-electron chi connectivity index (χ1n) is 8.37. The lowest BCUT2D eigenvalue weighted by atomic mass is 10.1. The van der Waals surface area contributed by atoms with Crippen molar-refractivity contribution in [3.8, 4) is 5.75 Å². The molecule has 1 aromatic carbocycles. The Labute approximate surface area is 147 Å². The maximum Gasteiger partial charge on any atom is 0.315 e. The third-order valence-corrected chi connectivity index (χ3v) is 3.94. The third kappa shape index (κ3) is 5.11. The molecular formula is C19H25N3O3. The highest BCUT2D eigenvalue weighted by Gasteiger charge is 2.12. The summed E-state index contributed by atoms with van der Waals surface area (Å²) in [6.45, 7) is 8.29. The summed E-state index contributed by atoms with van der Waals surface area (Å²) in [5.41, 5.74) is 3.00. The molecule has 0 fully saturated rings. The number of benzene rings is 1. The number of aromatic nitrogens is 1. The number of nitrogens with one attached hydrogen (secondary N) is 3. The quantitative estimate of drug-likeness (QED) is 0.754. The molecule has 0 radical (unpaired) electrons. The minimum absolute atomic E-state index is 0.171. The number of aromatic amines is 1. The van der Waals surface area contributed by atoms with Gasteiger partial charge in [-0.2, -0.15) is 0 Å². The van der Waals surface area contributed by atoms with Gasteiger partial charge in [0.25, 0.3) is 5.56 Å². The van der Waals surface area contributed by atoms with Crippen LogP contribution >= 0.6 is 0 Å². The van der Waals surface area contributed by atoms with Gasteiger partial charge in [0.2, 0.25) is 0 Å². The predicted octanol–water partition coefficient (Wildman–Crippen LogP) is 2.95. The van der Waals surface area contributed by atoms with Crippen LogP contribution < -0.4 is 20.9 Å². The smallest absolute Gasteiger partial charge is 0.315 e. The Balaban J connectivity index is 1.96. The van der Waals surface area contributed by atoms with Crippen molar-refractivity contribution in [2.45, 2.75) is 40.3 Å². The van der Waals surface area contributed by atoms with Crippen LogP contribution in [0.25, 0.3) is 0 Å². The first-order chi connectivity index (χ1) is 11.9. The van der Waals surface area contributed by atoms with Gasteiger partial charge in [-0.25, -0.2) is 4.79 Å². The monoisotopic (exact) mass is 343 g/mol. The fraction of sp³-hybridized carbons (Fsp3) is 0.368. The predicted molar refractivity (Wildman–Crippen MR) is 97.9 cm³/mol. The molecule has 0 bridgehead atoms. The lowest BCUT2D eigenvalue weighted by Gasteiger charge is -2.16. The number of carbonyl (C=O) groups is 1. The molecule has 2 rings (SSSR count). The molecule has 25 heavy (non-hydrogen) atoms. The van der Waals surface area contributed by atoms with Gasteiger partial charge in [0.1, 0.15) is 5.75 Å². The van der Waals surface area contributed by atoms with Crippen LogP contribution in [0.2, 0.25) is 0 Å². The van der Waals surface area contributed by atoms with E-state index in [1.165, 1.54) is 0 Å². The minimum Gasteiger partial charge on any atom is -0.494 e. The molecule has 2 aromatic rings. The third-order valence-electron chi connectivity index (χ3n) is 3.94. The highest BCUT2D eigenvalue weighted by molar-refractivity contribution is 5.74. The summed E-state index contributed by atoms with van der Waals surface area (Å²) in [7, 11) is 0.